The molecule has 0 radical (unpaired) electrons. The molecule has 80 valence electrons. The lowest BCUT2D eigenvalue weighted by molar-refractivity contribution is 0.220. The summed E-state index contributed by atoms with van der Waals surface area (Å²) in [5, 5.41) is 4.49. The molecule has 0 fully saturated rings. The molecule has 0 heterocycles. The first-order valence-corrected chi connectivity index (χ1v) is 4.03. The summed E-state index contributed by atoms with van der Waals surface area (Å²) in [7, 11) is 1.35. The first-order valence-electron chi connectivity index (χ1n) is 4.03. The zero-order valence-corrected chi connectivity index (χ0v) is 7.95. The largest absolute Gasteiger partial charge is 0.350 e. The Morgan fingerprint density at radius 1 is 1.47 bits per heavy atom. The van der Waals surface area contributed by atoms with Crippen LogP contribution in [0.5, 0.6) is 0 Å². The summed E-state index contributed by atoms with van der Waals surface area (Å²) in [6.07, 6.45) is 1.20. The first kappa shape index (κ1) is 11.1. The van der Waals surface area contributed by atoms with Gasteiger partial charge in [0.1, 0.15) is 0 Å². The van der Waals surface area contributed by atoms with Crippen LogP contribution in [0.4, 0.5) is 13.6 Å². The summed E-state index contributed by atoms with van der Waals surface area (Å²) < 4.78 is 25.2. The molecule has 0 bridgehead atoms. The summed E-state index contributed by atoms with van der Waals surface area (Å²) in [5.74, 6) is -1.91. The number of carbonyl (C=O) groups excluding carboxylic acids is 1. The van der Waals surface area contributed by atoms with E-state index in [-0.39, 0.29) is 0 Å². The molecule has 2 amide bonds. The molecule has 0 unspecified atom stereocenters. The summed E-state index contributed by atoms with van der Waals surface area (Å²) in [4.78, 5) is 10.5. The van der Waals surface area contributed by atoms with Crippen LogP contribution in [-0.2, 0) is 0 Å². The average Bonchev–Trinajstić information content (AvgIpc) is 2.19. The van der Waals surface area contributed by atoms with Gasteiger partial charge in [0.2, 0.25) is 0 Å². The van der Waals surface area contributed by atoms with E-state index in [4.69, 9.17) is 5.73 Å². The lowest BCUT2D eigenvalue weighted by Gasteiger charge is -2.05. The van der Waals surface area contributed by atoms with E-state index < -0.39 is 17.7 Å². The molecule has 1 aromatic carbocycles. The van der Waals surface area contributed by atoms with Gasteiger partial charge in [-0.2, -0.15) is 5.10 Å². The molecular weight excluding hydrogens is 204 g/mol. The van der Waals surface area contributed by atoms with E-state index in [1.54, 1.807) is 0 Å². The third kappa shape index (κ3) is 3.01. The standard InChI is InChI=1S/C9H9F2N3O/c1-14(9(12)15)13-5-6-2-3-7(10)8(11)4-6/h2-5H,1H3,(H2,12,15)/b13-5-. The number of hydrazone groups is 1. The van der Waals surface area contributed by atoms with E-state index in [9.17, 15) is 13.6 Å². The maximum Gasteiger partial charge on any atom is 0.334 e. The van der Waals surface area contributed by atoms with Crippen molar-refractivity contribution in [3.63, 3.8) is 0 Å². The number of hydrogen-bond acceptors (Lipinski definition) is 2. The maximum absolute atomic E-state index is 12.7. The fourth-order valence-electron chi connectivity index (χ4n) is 0.803. The number of halogens is 2. The van der Waals surface area contributed by atoms with Crippen LogP contribution in [0.3, 0.4) is 0 Å². The van der Waals surface area contributed by atoms with Crippen molar-refractivity contribution < 1.29 is 13.6 Å². The zero-order chi connectivity index (χ0) is 11.4. The number of rotatable bonds is 2. The lowest BCUT2D eigenvalue weighted by atomic mass is 10.2. The Balaban J connectivity index is 2.81. The summed E-state index contributed by atoms with van der Waals surface area (Å²) in [6.45, 7) is 0. The summed E-state index contributed by atoms with van der Waals surface area (Å²) in [5.41, 5.74) is 5.23. The van der Waals surface area contributed by atoms with Gasteiger partial charge in [-0.05, 0) is 17.7 Å². The Kier molecular flexibility index (Phi) is 3.33. The van der Waals surface area contributed by atoms with Crippen molar-refractivity contribution in [2.45, 2.75) is 0 Å². The van der Waals surface area contributed by atoms with Gasteiger partial charge in [0.25, 0.3) is 0 Å². The molecule has 4 nitrogen and oxygen atoms in total. The van der Waals surface area contributed by atoms with Crippen molar-refractivity contribution in [3.05, 3.63) is 35.4 Å². The van der Waals surface area contributed by atoms with Gasteiger partial charge in [-0.3, -0.25) is 0 Å². The van der Waals surface area contributed by atoms with E-state index in [2.05, 4.69) is 5.10 Å². The van der Waals surface area contributed by atoms with E-state index in [1.165, 1.54) is 19.3 Å². The summed E-state index contributed by atoms with van der Waals surface area (Å²) in [6, 6.07) is 2.53. The second kappa shape index (κ2) is 4.50. The van der Waals surface area contributed by atoms with E-state index >= 15 is 0 Å². The van der Waals surface area contributed by atoms with Gasteiger partial charge in [-0.15, -0.1) is 0 Å². The molecule has 1 rings (SSSR count). The third-order valence-electron chi connectivity index (χ3n) is 1.64. The van der Waals surface area contributed by atoms with Gasteiger partial charge >= 0.3 is 6.03 Å². The van der Waals surface area contributed by atoms with Gasteiger partial charge in [-0.25, -0.2) is 18.6 Å². The molecule has 0 aromatic heterocycles. The molecule has 0 aliphatic heterocycles. The predicted molar refractivity (Wildman–Crippen MR) is 51.3 cm³/mol. The first-order chi connectivity index (χ1) is 7.00. The lowest BCUT2D eigenvalue weighted by Crippen LogP contribution is -2.27. The fraction of sp³-hybridized carbons (Fsp3) is 0.111. The van der Waals surface area contributed by atoms with Gasteiger partial charge in [-0.1, -0.05) is 6.07 Å². The molecule has 0 saturated carbocycles. The van der Waals surface area contributed by atoms with Crippen molar-refractivity contribution in [1.82, 2.24) is 5.01 Å². The number of carbonyl (C=O) groups is 1. The highest BCUT2D eigenvalue weighted by Gasteiger charge is 2.02. The van der Waals surface area contributed by atoms with Crippen LogP contribution in [0.2, 0.25) is 0 Å². The Morgan fingerprint density at radius 2 is 2.13 bits per heavy atom. The van der Waals surface area contributed by atoms with Gasteiger partial charge in [0.05, 0.1) is 6.21 Å². The minimum atomic E-state index is -0.972. The number of nitrogens with two attached hydrogens (primary N) is 1. The van der Waals surface area contributed by atoms with Crippen LogP contribution in [0.25, 0.3) is 0 Å². The molecule has 1 aromatic rings. The van der Waals surface area contributed by atoms with E-state index in [0.717, 1.165) is 17.1 Å². The quantitative estimate of drug-likeness (QED) is 0.584. The number of urea groups is 1. The minimum Gasteiger partial charge on any atom is -0.350 e. The Morgan fingerprint density at radius 3 is 2.67 bits per heavy atom. The van der Waals surface area contributed by atoms with Crippen LogP contribution < -0.4 is 5.73 Å². The van der Waals surface area contributed by atoms with Gasteiger partial charge in [0, 0.05) is 7.05 Å². The highest BCUT2D eigenvalue weighted by Crippen LogP contribution is 2.06. The smallest absolute Gasteiger partial charge is 0.334 e. The normalized spacial score (nSPS) is 10.6. The molecule has 0 spiro atoms. The van der Waals surface area contributed by atoms with Gasteiger partial charge in [0.15, 0.2) is 11.6 Å². The van der Waals surface area contributed by atoms with Crippen LogP contribution in [0.1, 0.15) is 5.56 Å². The van der Waals surface area contributed by atoms with Gasteiger partial charge < -0.3 is 5.73 Å². The number of amides is 2. The Labute approximate surface area is 85.0 Å². The van der Waals surface area contributed by atoms with Crippen LogP contribution in [-0.4, -0.2) is 24.3 Å². The van der Waals surface area contributed by atoms with E-state index in [0.29, 0.717) is 5.56 Å². The molecule has 6 heteroatoms. The molecule has 2 N–H and O–H groups in total. The van der Waals surface area contributed by atoms with Crippen molar-refractivity contribution in [2.75, 3.05) is 7.05 Å². The number of primary amides is 1. The van der Waals surface area contributed by atoms with Crippen LogP contribution >= 0.6 is 0 Å². The van der Waals surface area contributed by atoms with Crippen molar-refractivity contribution in [3.8, 4) is 0 Å². The highest BCUT2D eigenvalue weighted by molar-refractivity contribution is 5.81. The second-order valence-electron chi connectivity index (χ2n) is 2.78. The number of hydrogen-bond donors (Lipinski definition) is 1. The average molecular weight is 213 g/mol. The topological polar surface area (TPSA) is 58.7 Å². The SMILES string of the molecule is CN(/N=C\c1ccc(F)c(F)c1)C(N)=O. The molecule has 0 saturated heterocycles. The predicted octanol–water partition coefficient (Wildman–Crippen LogP) is 1.31. The van der Waals surface area contributed by atoms with E-state index in [1.807, 2.05) is 0 Å². The molecular formula is C9H9F2N3O. The van der Waals surface area contributed by atoms with Crippen LogP contribution in [0.15, 0.2) is 23.3 Å². The zero-order valence-electron chi connectivity index (χ0n) is 7.95. The minimum absolute atomic E-state index is 0.335. The highest BCUT2D eigenvalue weighted by atomic mass is 19.2. The maximum atomic E-state index is 12.7. The molecule has 0 aliphatic carbocycles. The monoisotopic (exact) mass is 213 g/mol. The van der Waals surface area contributed by atoms with Crippen molar-refractivity contribution >= 4 is 12.2 Å². The van der Waals surface area contributed by atoms with Crippen molar-refractivity contribution in [1.29, 1.82) is 0 Å². The summed E-state index contributed by atoms with van der Waals surface area (Å²) >= 11 is 0. The fourth-order valence-corrected chi connectivity index (χ4v) is 0.803. The molecule has 0 atom stereocenters. The van der Waals surface area contributed by atoms with Crippen molar-refractivity contribution in [2.24, 2.45) is 10.8 Å². The number of nitrogens with zero attached hydrogens (tertiary/aromatic N) is 2. The Hall–Kier alpha value is -1.98. The second-order valence-corrected chi connectivity index (χ2v) is 2.78. The Bertz CT molecular complexity index is 406. The number of benzene rings is 1. The third-order valence-corrected chi connectivity index (χ3v) is 1.64. The van der Waals surface area contributed by atoms with Crippen LogP contribution in [0, 0.1) is 11.6 Å². The molecule has 0 aliphatic rings. The molecule has 15 heavy (non-hydrogen) atoms.